The first-order chi connectivity index (χ1) is 6.84. The molecule has 0 saturated carbocycles. The molecule has 0 aliphatic heterocycles. The smallest absolute Gasteiger partial charge is 0.0123 e. The molecule has 15 heavy (non-hydrogen) atoms. The minimum Gasteiger partial charge on any atom is -0.143 e. The summed E-state index contributed by atoms with van der Waals surface area (Å²) in [5, 5.41) is 0. The monoisotopic (exact) mass is 241 g/mol. The summed E-state index contributed by atoms with van der Waals surface area (Å²) in [5.74, 6) is 0. The van der Waals surface area contributed by atoms with Gasteiger partial charge in [0.25, 0.3) is 0 Å². The fourth-order valence-electron chi connectivity index (χ4n) is 1.14. The Labute approximate surface area is 122 Å². The molecule has 0 nitrogen and oxygen atoms in total. The molecular weight excluding hydrogens is 231 g/mol. The van der Waals surface area contributed by atoms with Crippen molar-refractivity contribution in [1.29, 1.82) is 0 Å². The zero-order chi connectivity index (χ0) is 9.80. The van der Waals surface area contributed by atoms with Gasteiger partial charge in [-0.05, 0) is 36.4 Å². The summed E-state index contributed by atoms with van der Waals surface area (Å²) in [4.78, 5) is 3.51. The Morgan fingerprint density at radius 1 is 0.733 bits per heavy atom. The van der Waals surface area contributed by atoms with E-state index in [0.29, 0.717) is 0 Å². The van der Waals surface area contributed by atoms with Gasteiger partial charge in [-0.2, -0.15) is 0 Å². The summed E-state index contributed by atoms with van der Waals surface area (Å²) in [6.45, 7) is 0. The number of rotatable bonds is 2. The summed E-state index contributed by atoms with van der Waals surface area (Å²) >= 11 is 6.01. The molecule has 0 bridgehead atoms. The molecule has 3 heteroatoms. The first-order valence-electron chi connectivity index (χ1n) is 4.36. The van der Waals surface area contributed by atoms with Gasteiger partial charge in [0, 0.05) is 44.2 Å². The van der Waals surface area contributed by atoms with Crippen molar-refractivity contribution in [2.45, 2.75) is 14.7 Å². The maximum Gasteiger partial charge on any atom is 0.0123 e. The van der Waals surface area contributed by atoms with Crippen molar-refractivity contribution in [3.63, 3.8) is 0 Å². The van der Waals surface area contributed by atoms with E-state index in [1.54, 1.807) is 11.8 Å². The van der Waals surface area contributed by atoms with E-state index in [1.807, 2.05) is 18.2 Å². The average Bonchev–Trinajstić information content (AvgIpc) is 2.23. The molecule has 0 fully saturated rings. The number of hydrogen-bond donors (Lipinski definition) is 1. The van der Waals surface area contributed by atoms with Gasteiger partial charge in [0.15, 0.2) is 0 Å². The molecule has 71 valence electrons. The van der Waals surface area contributed by atoms with Gasteiger partial charge in [-0.3, -0.25) is 0 Å². The van der Waals surface area contributed by atoms with Crippen molar-refractivity contribution in [2.75, 3.05) is 0 Å². The quantitative estimate of drug-likeness (QED) is 0.617. The van der Waals surface area contributed by atoms with Gasteiger partial charge in [0.05, 0.1) is 0 Å². The Morgan fingerprint density at radius 2 is 1.27 bits per heavy atom. The molecule has 0 aromatic heterocycles. The largest absolute Gasteiger partial charge is 0.143 e. The summed E-state index contributed by atoms with van der Waals surface area (Å²) in [6, 6.07) is 18.5. The molecule has 0 amide bonds. The third-order valence-electron chi connectivity index (χ3n) is 1.82. The van der Waals surface area contributed by atoms with Crippen molar-refractivity contribution in [1.82, 2.24) is 0 Å². The van der Waals surface area contributed by atoms with E-state index in [-0.39, 0.29) is 29.6 Å². The molecule has 0 saturated heterocycles. The Hall–Kier alpha value is 0.140. The van der Waals surface area contributed by atoms with E-state index in [2.05, 4.69) is 49.0 Å². The van der Waals surface area contributed by atoms with Crippen LogP contribution in [0.25, 0.3) is 0 Å². The summed E-state index contributed by atoms with van der Waals surface area (Å²) < 4.78 is 0. The molecule has 0 unspecified atom stereocenters. The van der Waals surface area contributed by atoms with Crippen LogP contribution in [0.3, 0.4) is 0 Å². The first-order valence-corrected chi connectivity index (χ1v) is 5.63. The fraction of sp³-hybridized carbons (Fsp3) is 0. The van der Waals surface area contributed by atoms with Crippen LogP contribution in [0.4, 0.5) is 0 Å². The maximum absolute atomic E-state index is 4.25. The van der Waals surface area contributed by atoms with Gasteiger partial charge in [0.1, 0.15) is 0 Å². The molecular formula is C12H10NaS2. The third-order valence-corrected chi connectivity index (χ3v) is 3.13. The van der Waals surface area contributed by atoms with Gasteiger partial charge in [-0.1, -0.05) is 30.0 Å². The van der Waals surface area contributed by atoms with Crippen LogP contribution in [-0.4, -0.2) is 29.6 Å². The van der Waals surface area contributed by atoms with Gasteiger partial charge in [0.2, 0.25) is 0 Å². The molecule has 0 heterocycles. The predicted molar refractivity (Wildman–Crippen MR) is 70.0 cm³/mol. The minimum absolute atomic E-state index is 0. The number of benzene rings is 2. The molecule has 2 aromatic carbocycles. The Morgan fingerprint density at radius 3 is 1.87 bits per heavy atom. The molecule has 2 aromatic rings. The van der Waals surface area contributed by atoms with Gasteiger partial charge in [-0.15, -0.1) is 12.6 Å². The standard InChI is InChI=1S/C12H10S2.Na/c13-10-6-8-12(9-7-10)14-11-4-2-1-3-5-11;/h1-9,13H;. The normalized spacial score (nSPS) is 9.40. The second kappa shape index (κ2) is 6.66. The second-order valence-electron chi connectivity index (χ2n) is 2.91. The summed E-state index contributed by atoms with van der Waals surface area (Å²) in [5.41, 5.74) is 0. The van der Waals surface area contributed by atoms with Crippen LogP contribution >= 0.6 is 24.4 Å². The van der Waals surface area contributed by atoms with E-state index < -0.39 is 0 Å². The molecule has 2 rings (SSSR count). The van der Waals surface area contributed by atoms with Crippen molar-refractivity contribution in [3.8, 4) is 0 Å². The molecule has 0 aliphatic carbocycles. The Bertz CT molecular complexity index is 398. The van der Waals surface area contributed by atoms with Crippen molar-refractivity contribution in [2.24, 2.45) is 0 Å². The Balaban J connectivity index is 0.00000112. The van der Waals surface area contributed by atoms with Crippen LogP contribution in [0.2, 0.25) is 0 Å². The van der Waals surface area contributed by atoms with E-state index in [1.165, 1.54) is 9.79 Å². The first kappa shape index (κ1) is 13.2. The predicted octanol–water partition coefficient (Wildman–Crippen LogP) is 3.75. The zero-order valence-electron chi connectivity index (χ0n) is 8.55. The van der Waals surface area contributed by atoms with Crippen LogP contribution in [0.15, 0.2) is 69.3 Å². The average molecular weight is 241 g/mol. The van der Waals surface area contributed by atoms with E-state index in [9.17, 15) is 0 Å². The summed E-state index contributed by atoms with van der Waals surface area (Å²) in [7, 11) is 0. The second-order valence-corrected chi connectivity index (χ2v) is 4.57. The van der Waals surface area contributed by atoms with E-state index in [4.69, 9.17) is 0 Å². The van der Waals surface area contributed by atoms with Crippen LogP contribution in [0, 0.1) is 0 Å². The SMILES string of the molecule is Sc1ccc(Sc2ccccc2)cc1.[Na]. The molecule has 0 atom stereocenters. The molecule has 1 radical (unpaired) electrons. The van der Waals surface area contributed by atoms with Crippen molar-refractivity contribution < 1.29 is 0 Å². The van der Waals surface area contributed by atoms with Crippen LogP contribution in [-0.2, 0) is 0 Å². The van der Waals surface area contributed by atoms with Crippen LogP contribution in [0.1, 0.15) is 0 Å². The van der Waals surface area contributed by atoms with E-state index >= 15 is 0 Å². The van der Waals surface area contributed by atoms with Gasteiger partial charge >= 0.3 is 0 Å². The van der Waals surface area contributed by atoms with Crippen molar-refractivity contribution in [3.05, 3.63) is 54.6 Å². The molecule has 0 N–H and O–H groups in total. The molecule has 0 aliphatic rings. The zero-order valence-corrected chi connectivity index (χ0v) is 12.3. The number of thiol groups is 1. The fourth-order valence-corrected chi connectivity index (χ4v) is 2.13. The van der Waals surface area contributed by atoms with Gasteiger partial charge < -0.3 is 0 Å². The summed E-state index contributed by atoms with van der Waals surface area (Å²) in [6.07, 6.45) is 0. The minimum atomic E-state index is 0. The molecule has 0 spiro atoms. The van der Waals surface area contributed by atoms with Crippen molar-refractivity contribution >= 4 is 53.9 Å². The number of hydrogen-bond acceptors (Lipinski definition) is 2. The van der Waals surface area contributed by atoms with E-state index in [0.717, 1.165) is 4.90 Å². The van der Waals surface area contributed by atoms with Crippen LogP contribution in [0.5, 0.6) is 0 Å². The Kier molecular flexibility index (Phi) is 5.87. The van der Waals surface area contributed by atoms with Crippen LogP contribution < -0.4 is 0 Å². The maximum atomic E-state index is 4.25. The topological polar surface area (TPSA) is 0 Å². The van der Waals surface area contributed by atoms with Gasteiger partial charge in [-0.25, -0.2) is 0 Å². The third kappa shape index (κ3) is 4.25.